The highest BCUT2D eigenvalue weighted by Crippen LogP contribution is 2.38. The summed E-state index contributed by atoms with van der Waals surface area (Å²) in [6, 6.07) is 31.5. The second kappa shape index (κ2) is 13.5. The molecule has 46 heavy (non-hydrogen) atoms. The number of carbonyl (C=O) groups is 2. The summed E-state index contributed by atoms with van der Waals surface area (Å²) in [6.45, 7) is -0.494. The van der Waals surface area contributed by atoms with Crippen LogP contribution in [0, 0.1) is 0 Å². The lowest BCUT2D eigenvalue weighted by molar-refractivity contribution is 0.103. The molecule has 0 aromatic heterocycles. The molecular weight excluding hydrogens is 632 g/mol. The number of ketones is 2. The molecule has 10 nitrogen and oxygen atoms in total. The zero-order chi connectivity index (χ0) is 32.9. The molecule has 2 N–H and O–H groups in total. The summed E-state index contributed by atoms with van der Waals surface area (Å²) < 4.78 is 79.7. The van der Waals surface area contributed by atoms with E-state index >= 15 is 0 Å². The van der Waals surface area contributed by atoms with Gasteiger partial charge in [0.1, 0.15) is 18.1 Å². The number of rotatable bonds is 12. The molecule has 0 aliphatic carbocycles. The quantitative estimate of drug-likeness (QED) is 0.124. The molecular formula is C34H26O10S2. The predicted molar refractivity (Wildman–Crippen MR) is 167 cm³/mol. The molecule has 0 aliphatic heterocycles. The maximum Gasteiger partial charge on any atom is 0.298 e. The minimum Gasteiger partial charge on any atom is -0.485 e. The van der Waals surface area contributed by atoms with Gasteiger partial charge in [-0.15, -0.1) is 0 Å². The van der Waals surface area contributed by atoms with E-state index in [1.807, 2.05) is 0 Å². The van der Waals surface area contributed by atoms with Crippen molar-refractivity contribution in [3.8, 4) is 11.5 Å². The summed E-state index contributed by atoms with van der Waals surface area (Å²) in [5, 5.41) is 0. The van der Waals surface area contributed by atoms with Gasteiger partial charge in [0.25, 0.3) is 20.2 Å². The van der Waals surface area contributed by atoms with E-state index in [2.05, 4.69) is 0 Å². The van der Waals surface area contributed by atoms with Crippen LogP contribution in [0.15, 0.2) is 131 Å². The van der Waals surface area contributed by atoms with Crippen LogP contribution in [-0.4, -0.2) is 37.5 Å². The Balaban J connectivity index is 1.40. The first kappa shape index (κ1) is 32.3. The van der Waals surface area contributed by atoms with Crippen molar-refractivity contribution >= 4 is 31.8 Å². The van der Waals surface area contributed by atoms with Gasteiger partial charge in [-0.3, -0.25) is 18.7 Å². The molecule has 0 aliphatic rings. The summed E-state index contributed by atoms with van der Waals surface area (Å²) in [5.41, 5.74) is 2.87. The first-order chi connectivity index (χ1) is 21.9. The smallest absolute Gasteiger partial charge is 0.298 e. The van der Waals surface area contributed by atoms with Gasteiger partial charge in [-0.1, -0.05) is 109 Å². The fourth-order valence-electron chi connectivity index (χ4n) is 4.48. The number of hydrogen-bond acceptors (Lipinski definition) is 8. The highest BCUT2D eigenvalue weighted by atomic mass is 32.2. The van der Waals surface area contributed by atoms with Crippen molar-refractivity contribution in [3.05, 3.63) is 155 Å². The van der Waals surface area contributed by atoms with Crippen molar-refractivity contribution in [2.45, 2.75) is 23.0 Å². The van der Waals surface area contributed by atoms with Gasteiger partial charge in [0.05, 0.1) is 4.90 Å². The largest absolute Gasteiger partial charge is 0.485 e. The molecule has 0 saturated carbocycles. The van der Waals surface area contributed by atoms with E-state index in [9.17, 15) is 35.5 Å². The van der Waals surface area contributed by atoms with Crippen LogP contribution >= 0.6 is 0 Å². The number of benzene rings is 5. The van der Waals surface area contributed by atoms with E-state index in [0.717, 1.165) is 6.07 Å². The molecule has 0 saturated heterocycles. The van der Waals surface area contributed by atoms with Crippen LogP contribution in [0.3, 0.4) is 0 Å². The van der Waals surface area contributed by atoms with E-state index in [4.69, 9.17) is 9.47 Å². The lowest BCUT2D eigenvalue weighted by Gasteiger charge is -2.17. The molecule has 0 atom stereocenters. The third-order valence-electron chi connectivity index (χ3n) is 6.85. The van der Waals surface area contributed by atoms with Crippen LogP contribution in [0.4, 0.5) is 0 Å². The molecule has 12 heteroatoms. The zero-order valence-electron chi connectivity index (χ0n) is 23.9. The number of ether oxygens (including phenoxy) is 2. The van der Waals surface area contributed by atoms with E-state index in [1.54, 1.807) is 109 Å². The third-order valence-corrected chi connectivity index (χ3v) is 8.54. The minimum atomic E-state index is -5.08. The van der Waals surface area contributed by atoms with Crippen molar-refractivity contribution in [3.63, 3.8) is 0 Å². The fourth-order valence-corrected chi connectivity index (χ4v) is 5.74. The summed E-state index contributed by atoms with van der Waals surface area (Å²) >= 11 is 0. The van der Waals surface area contributed by atoms with Crippen LogP contribution in [0.25, 0.3) is 0 Å². The molecule has 0 spiro atoms. The van der Waals surface area contributed by atoms with Gasteiger partial charge in [0.2, 0.25) is 0 Å². The maximum absolute atomic E-state index is 12.7. The Labute approximate surface area is 265 Å². The fraction of sp³-hybridized carbons (Fsp3) is 0.0588. The third kappa shape index (κ3) is 7.73. The molecule has 0 fully saturated rings. The Kier molecular flexibility index (Phi) is 9.44. The topological polar surface area (TPSA) is 161 Å². The average Bonchev–Trinajstić information content (AvgIpc) is 3.06. The van der Waals surface area contributed by atoms with E-state index in [1.165, 1.54) is 0 Å². The van der Waals surface area contributed by atoms with Crippen LogP contribution in [0.5, 0.6) is 11.5 Å². The Bertz CT molecular complexity index is 2090. The van der Waals surface area contributed by atoms with Crippen LogP contribution < -0.4 is 9.47 Å². The molecule has 0 amide bonds. The van der Waals surface area contributed by atoms with Gasteiger partial charge in [-0.2, -0.15) is 16.8 Å². The Morgan fingerprint density at radius 1 is 0.522 bits per heavy atom. The lowest BCUT2D eigenvalue weighted by Crippen LogP contribution is -2.10. The standard InChI is InChI=1S/C34H26O10S2/c35-32(25-7-3-1-4-8-25)27-15-11-23(12-16-27)21-43-30-19-29(45(37,38)39)20-31(46(40,41)42)34(30)44-22-24-13-17-28(18-14-24)33(36)26-9-5-2-6-10-26/h1-20H,21-22H2,(H,37,38,39)(H,40,41,42). The van der Waals surface area contributed by atoms with Gasteiger partial charge in [0.15, 0.2) is 23.1 Å². The van der Waals surface area contributed by atoms with E-state index in [-0.39, 0.29) is 24.8 Å². The van der Waals surface area contributed by atoms with Crippen LogP contribution in [0.1, 0.15) is 43.0 Å². The first-order valence-electron chi connectivity index (χ1n) is 13.7. The second-order valence-electron chi connectivity index (χ2n) is 10.1. The molecule has 0 heterocycles. The van der Waals surface area contributed by atoms with E-state index < -0.39 is 41.5 Å². The van der Waals surface area contributed by atoms with Gasteiger partial charge < -0.3 is 9.47 Å². The second-order valence-corrected chi connectivity index (χ2v) is 12.9. The Hall–Kier alpha value is -5.14. The monoisotopic (exact) mass is 658 g/mol. The molecule has 5 aromatic rings. The Morgan fingerprint density at radius 2 is 0.935 bits per heavy atom. The Morgan fingerprint density at radius 3 is 1.35 bits per heavy atom. The van der Waals surface area contributed by atoms with Gasteiger partial charge in [-0.25, -0.2) is 0 Å². The van der Waals surface area contributed by atoms with Gasteiger partial charge in [0, 0.05) is 28.3 Å². The normalized spacial score (nSPS) is 11.5. The highest BCUT2D eigenvalue weighted by molar-refractivity contribution is 7.86. The maximum atomic E-state index is 12.7. The summed E-state index contributed by atoms with van der Waals surface area (Å²) in [7, 11) is -10.0. The SMILES string of the molecule is O=C(c1ccccc1)c1ccc(COc2cc(S(=O)(=O)O)cc(S(=O)(=O)O)c2OCc2ccc(C(=O)c3ccccc3)cc2)cc1. The van der Waals surface area contributed by atoms with Crippen molar-refractivity contribution in [1.82, 2.24) is 0 Å². The highest BCUT2D eigenvalue weighted by Gasteiger charge is 2.27. The molecule has 0 bridgehead atoms. The summed E-state index contributed by atoms with van der Waals surface area (Å²) in [4.78, 5) is 23.7. The molecule has 5 rings (SSSR count). The van der Waals surface area contributed by atoms with Crippen LogP contribution in [-0.2, 0) is 33.5 Å². The predicted octanol–water partition coefficient (Wildman–Crippen LogP) is 5.80. The summed E-state index contributed by atoms with van der Waals surface area (Å²) in [5.74, 6) is -1.30. The first-order valence-corrected chi connectivity index (χ1v) is 16.5. The zero-order valence-corrected chi connectivity index (χ0v) is 25.6. The molecule has 0 radical (unpaired) electrons. The molecule has 234 valence electrons. The molecule has 5 aromatic carbocycles. The number of hydrogen-bond donors (Lipinski definition) is 2. The lowest BCUT2D eigenvalue weighted by atomic mass is 10.0. The van der Waals surface area contributed by atoms with E-state index in [0.29, 0.717) is 39.4 Å². The molecule has 0 unspecified atom stereocenters. The van der Waals surface area contributed by atoms with Crippen molar-refractivity contribution in [1.29, 1.82) is 0 Å². The van der Waals surface area contributed by atoms with Crippen molar-refractivity contribution in [2.75, 3.05) is 0 Å². The van der Waals surface area contributed by atoms with Gasteiger partial charge >= 0.3 is 0 Å². The van der Waals surface area contributed by atoms with Crippen LogP contribution in [0.2, 0.25) is 0 Å². The minimum absolute atomic E-state index is 0.195. The number of carbonyl (C=O) groups excluding carboxylic acids is 2. The summed E-state index contributed by atoms with van der Waals surface area (Å²) in [6.07, 6.45) is 0. The van der Waals surface area contributed by atoms with Crippen molar-refractivity contribution in [2.24, 2.45) is 0 Å². The van der Waals surface area contributed by atoms with Gasteiger partial charge in [-0.05, 0) is 17.2 Å². The van der Waals surface area contributed by atoms with Crippen molar-refractivity contribution < 1.29 is 45.0 Å². The average molecular weight is 659 g/mol.